The maximum atomic E-state index is 11.2. The van der Waals surface area contributed by atoms with Crippen molar-refractivity contribution in [1.29, 1.82) is 0 Å². The van der Waals surface area contributed by atoms with Crippen molar-refractivity contribution in [2.45, 2.75) is 18.6 Å². The Bertz CT molecular complexity index is 191. The normalized spacial score (nSPS) is 10.9. The first kappa shape index (κ1) is 11.3. The van der Waals surface area contributed by atoms with Crippen LogP contribution >= 0.6 is 11.8 Å². The molecular formula is C7H13NO3S. The van der Waals surface area contributed by atoms with E-state index in [4.69, 9.17) is 5.11 Å². The molecular weight excluding hydrogens is 178 g/mol. The smallest absolute Gasteiger partial charge is 0.322 e. The Morgan fingerprint density at radius 3 is 2.33 bits per heavy atom. The minimum Gasteiger partial charge on any atom is -0.480 e. The fourth-order valence-corrected chi connectivity index (χ4v) is 0.719. The predicted molar refractivity (Wildman–Crippen MR) is 48.2 cm³/mol. The van der Waals surface area contributed by atoms with Gasteiger partial charge in [0.1, 0.15) is 6.54 Å². The number of hydrogen-bond acceptors (Lipinski definition) is 3. The lowest BCUT2D eigenvalue weighted by Gasteiger charge is -2.19. The molecule has 0 aliphatic rings. The summed E-state index contributed by atoms with van der Waals surface area (Å²) in [6.07, 6.45) is 1.81. The van der Waals surface area contributed by atoms with Crippen molar-refractivity contribution in [1.82, 2.24) is 5.32 Å². The number of aliphatic carboxylic acids is 1. The number of carbonyl (C=O) groups excluding carboxylic acids is 1. The quantitative estimate of drug-likeness (QED) is 0.672. The van der Waals surface area contributed by atoms with E-state index >= 15 is 0 Å². The van der Waals surface area contributed by atoms with E-state index in [1.165, 1.54) is 11.8 Å². The van der Waals surface area contributed by atoms with Crippen LogP contribution in [0.25, 0.3) is 0 Å². The van der Waals surface area contributed by atoms with Gasteiger partial charge in [-0.3, -0.25) is 9.59 Å². The van der Waals surface area contributed by atoms with Crippen LogP contribution in [-0.2, 0) is 9.59 Å². The van der Waals surface area contributed by atoms with Crippen LogP contribution in [0.2, 0.25) is 0 Å². The molecule has 0 aromatic carbocycles. The third kappa shape index (κ3) is 3.61. The molecule has 0 atom stereocenters. The molecule has 0 fully saturated rings. The molecule has 0 aromatic heterocycles. The largest absolute Gasteiger partial charge is 0.480 e. The highest BCUT2D eigenvalue weighted by Gasteiger charge is 2.26. The molecule has 0 saturated carbocycles. The van der Waals surface area contributed by atoms with Crippen LogP contribution in [0.3, 0.4) is 0 Å². The van der Waals surface area contributed by atoms with Gasteiger partial charge in [0.15, 0.2) is 0 Å². The third-order valence-corrected chi connectivity index (χ3v) is 2.66. The zero-order valence-corrected chi connectivity index (χ0v) is 8.20. The van der Waals surface area contributed by atoms with Crippen molar-refractivity contribution in [3.63, 3.8) is 0 Å². The van der Waals surface area contributed by atoms with Crippen molar-refractivity contribution in [3.8, 4) is 0 Å². The Morgan fingerprint density at radius 1 is 1.50 bits per heavy atom. The average Bonchev–Trinajstić information content (AvgIpc) is 2.00. The van der Waals surface area contributed by atoms with Crippen molar-refractivity contribution in [2.75, 3.05) is 12.8 Å². The number of carboxylic acids is 1. The second-order valence-electron chi connectivity index (χ2n) is 2.79. The maximum absolute atomic E-state index is 11.2. The van der Waals surface area contributed by atoms with Crippen molar-refractivity contribution in [2.24, 2.45) is 0 Å². The number of carbonyl (C=O) groups is 2. The predicted octanol–water partition coefficient (Wildman–Crippen LogP) is 0.329. The summed E-state index contributed by atoms with van der Waals surface area (Å²) in [6.45, 7) is 3.17. The summed E-state index contributed by atoms with van der Waals surface area (Å²) < 4.78 is -0.560. The fourth-order valence-electron chi connectivity index (χ4n) is 0.461. The minimum atomic E-state index is -1.03. The van der Waals surface area contributed by atoms with E-state index in [2.05, 4.69) is 5.32 Å². The first-order valence-electron chi connectivity index (χ1n) is 3.45. The lowest BCUT2D eigenvalue weighted by atomic mass is 10.2. The van der Waals surface area contributed by atoms with E-state index in [-0.39, 0.29) is 12.5 Å². The molecule has 5 heteroatoms. The van der Waals surface area contributed by atoms with Gasteiger partial charge in [0.05, 0.1) is 4.75 Å². The molecule has 0 aliphatic heterocycles. The highest BCUT2D eigenvalue weighted by atomic mass is 32.2. The summed E-state index contributed by atoms with van der Waals surface area (Å²) in [6, 6.07) is 0. The molecule has 0 spiro atoms. The van der Waals surface area contributed by atoms with Gasteiger partial charge in [-0.2, -0.15) is 0 Å². The van der Waals surface area contributed by atoms with Gasteiger partial charge >= 0.3 is 5.97 Å². The first-order valence-corrected chi connectivity index (χ1v) is 4.68. The van der Waals surface area contributed by atoms with E-state index in [1.807, 2.05) is 0 Å². The average molecular weight is 191 g/mol. The Labute approximate surface area is 75.7 Å². The number of nitrogens with one attached hydrogen (secondary N) is 1. The molecule has 2 N–H and O–H groups in total. The topological polar surface area (TPSA) is 66.4 Å². The van der Waals surface area contributed by atoms with Gasteiger partial charge in [-0.15, -0.1) is 11.8 Å². The molecule has 0 unspecified atom stereocenters. The number of rotatable bonds is 4. The fraction of sp³-hybridized carbons (Fsp3) is 0.714. The number of thioether (sulfide) groups is 1. The molecule has 12 heavy (non-hydrogen) atoms. The maximum Gasteiger partial charge on any atom is 0.322 e. The summed E-state index contributed by atoms with van der Waals surface area (Å²) in [5.41, 5.74) is 0. The second kappa shape index (κ2) is 4.35. The van der Waals surface area contributed by atoms with Gasteiger partial charge < -0.3 is 10.4 Å². The SMILES string of the molecule is CSC(C)(C)C(=O)NCC(=O)O. The standard InChI is InChI=1S/C7H13NO3S/c1-7(2,12-3)6(11)8-4-5(9)10/h4H2,1-3H3,(H,8,11)(H,9,10). The van der Waals surface area contributed by atoms with Crippen LogP contribution in [0.4, 0.5) is 0 Å². The van der Waals surface area contributed by atoms with Crippen LogP contribution in [0.15, 0.2) is 0 Å². The lowest BCUT2D eigenvalue weighted by Crippen LogP contribution is -2.41. The summed E-state index contributed by atoms with van der Waals surface area (Å²) in [4.78, 5) is 21.3. The Balaban J connectivity index is 3.96. The summed E-state index contributed by atoms with van der Waals surface area (Å²) in [7, 11) is 0. The van der Waals surface area contributed by atoms with E-state index < -0.39 is 10.7 Å². The summed E-state index contributed by atoms with van der Waals surface area (Å²) >= 11 is 1.38. The highest BCUT2D eigenvalue weighted by Crippen LogP contribution is 2.20. The van der Waals surface area contributed by atoms with Crippen LogP contribution in [-0.4, -0.2) is 34.5 Å². The van der Waals surface area contributed by atoms with E-state index in [1.54, 1.807) is 20.1 Å². The van der Waals surface area contributed by atoms with Crippen molar-refractivity contribution >= 4 is 23.6 Å². The number of carboxylic acid groups (broad SMARTS) is 1. The first-order chi connectivity index (χ1) is 5.40. The molecule has 0 heterocycles. The molecule has 0 saturated heterocycles. The molecule has 0 aromatic rings. The van der Waals surface area contributed by atoms with Crippen LogP contribution in [0.1, 0.15) is 13.8 Å². The van der Waals surface area contributed by atoms with Gasteiger partial charge in [-0.05, 0) is 20.1 Å². The lowest BCUT2D eigenvalue weighted by molar-refractivity contribution is -0.138. The zero-order valence-electron chi connectivity index (χ0n) is 7.38. The highest BCUT2D eigenvalue weighted by molar-refractivity contribution is 8.00. The molecule has 70 valence electrons. The van der Waals surface area contributed by atoms with Gasteiger partial charge in [0, 0.05) is 0 Å². The van der Waals surface area contributed by atoms with Crippen molar-refractivity contribution < 1.29 is 14.7 Å². The third-order valence-electron chi connectivity index (χ3n) is 1.46. The number of amides is 1. The van der Waals surface area contributed by atoms with Crippen molar-refractivity contribution in [3.05, 3.63) is 0 Å². The zero-order chi connectivity index (χ0) is 9.78. The molecule has 0 rings (SSSR count). The van der Waals surface area contributed by atoms with E-state index in [0.29, 0.717) is 0 Å². The minimum absolute atomic E-state index is 0.252. The van der Waals surface area contributed by atoms with E-state index in [9.17, 15) is 9.59 Å². The Kier molecular flexibility index (Phi) is 4.09. The van der Waals surface area contributed by atoms with Crippen LogP contribution < -0.4 is 5.32 Å². The summed E-state index contributed by atoms with van der Waals surface area (Å²) in [5.74, 6) is -1.28. The number of hydrogen-bond donors (Lipinski definition) is 2. The monoisotopic (exact) mass is 191 g/mol. The molecule has 4 nitrogen and oxygen atoms in total. The van der Waals surface area contributed by atoms with Gasteiger partial charge in [0.25, 0.3) is 0 Å². The Hall–Kier alpha value is -0.710. The summed E-state index contributed by atoms with van der Waals surface area (Å²) in [5, 5.41) is 10.6. The second-order valence-corrected chi connectivity index (χ2v) is 4.22. The van der Waals surface area contributed by atoms with E-state index in [0.717, 1.165) is 0 Å². The van der Waals surface area contributed by atoms with Crippen LogP contribution in [0.5, 0.6) is 0 Å². The van der Waals surface area contributed by atoms with Gasteiger partial charge in [-0.1, -0.05) is 0 Å². The molecule has 0 radical (unpaired) electrons. The molecule has 0 bridgehead atoms. The molecule has 1 amide bonds. The Morgan fingerprint density at radius 2 is 2.00 bits per heavy atom. The molecule has 0 aliphatic carbocycles. The van der Waals surface area contributed by atoms with Gasteiger partial charge in [0.2, 0.25) is 5.91 Å². The van der Waals surface area contributed by atoms with Crippen LogP contribution in [0, 0.1) is 0 Å². The van der Waals surface area contributed by atoms with Gasteiger partial charge in [-0.25, -0.2) is 0 Å².